The van der Waals surface area contributed by atoms with Gasteiger partial charge in [0, 0.05) is 0 Å². The van der Waals surface area contributed by atoms with E-state index >= 15 is 0 Å². The van der Waals surface area contributed by atoms with Gasteiger partial charge in [-0.05, 0) is 36.8 Å². The van der Waals surface area contributed by atoms with Crippen molar-refractivity contribution in [1.29, 1.82) is 0 Å². The molecule has 0 bridgehead atoms. The highest BCUT2D eigenvalue weighted by Gasteiger charge is 2.52. The summed E-state index contributed by atoms with van der Waals surface area (Å²) >= 11 is 0. The highest BCUT2D eigenvalue weighted by molar-refractivity contribution is 6.07. The number of benzene rings is 2. The lowest BCUT2D eigenvalue weighted by atomic mass is 9.68. The van der Waals surface area contributed by atoms with Gasteiger partial charge >= 0.3 is 0 Å². The Labute approximate surface area is 166 Å². The van der Waals surface area contributed by atoms with Gasteiger partial charge < -0.3 is 9.47 Å². The highest BCUT2D eigenvalue weighted by Crippen LogP contribution is 2.47. The van der Waals surface area contributed by atoms with E-state index in [0.717, 1.165) is 37.5 Å². The van der Waals surface area contributed by atoms with E-state index < -0.39 is 0 Å². The number of nitrogens with zero attached hydrogens (tertiary/aromatic N) is 2. The molecule has 5 rings (SSSR count). The van der Waals surface area contributed by atoms with Crippen LogP contribution < -0.4 is 0 Å². The molecule has 28 heavy (non-hydrogen) atoms. The van der Waals surface area contributed by atoms with Gasteiger partial charge in [-0.3, -0.25) is 0 Å². The number of hydrogen-bond donors (Lipinski definition) is 0. The van der Waals surface area contributed by atoms with Crippen molar-refractivity contribution in [3.05, 3.63) is 71.8 Å². The molecule has 2 aromatic carbocycles. The average Bonchev–Trinajstić information content (AvgIpc) is 3.34. The molecule has 2 aromatic rings. The van der Waals surface area contributed by atoms with E-state index in [1.807, 2.05) is 12.1 Å². The van der Waals surface area contributed by atoms with Gasteiger partial charge in [0.05, 0.1) is 12.1 Å². The van der Waals surface area contributed by atoms with Crippen LogP contribution in [0.3, 0.4) is 0 Å². The molecule has 0 spiro atoms. The highest BCUT2D eigenvalue weighted by atomic mass is 16.5. The zero-order valence-electron chi connectivity index (χ0n) is 16.1. The van der Waals surface area contributed by atoms with E-state index in [1.165, 1.54) is 17.5 Å². The van der Waals surface area contributed by atoms with Crippen molar-refractivity contribution in [2.75, 3.05) is 13.2 Å². The molecular formula is C24H26N2O2. The lowest BCUT2D eigenvalue weighted by Gasteiger charge is -2.39. The third-order valence-corrected chi connectivity index (χ3v) is 6.08. The molecule has 4 nitrogen and oxygen atoms in total. The molecule has 0 radical (unpaired) electrons. The summed E-state index contributed by atoms with van der Waals surface area (Å²) in [7, 11) is 0. The molecule has 2 heterocycles. The number of aliphatic imine (C=N–C) groups is 2. The summed E-state index contributed by atoms with van der Waals surface area (Å²) in [4.78, 5) is 9.93. The minimum atomic E-state index is -0.211. The first-order valence-corrected chi connectivity index (χ1v) is 10.3. The molecule has 4 heteroatoms. The zero-order chi connectivity index (χ0) is 18.8. The smallest absolute Gasteiger partial charge is 0.199 e. The van der Waals surface area contributed by atoms with Gasteiger partial charge in [0.15, 0.2) is 11.8 Å². The van der Waals surface area contributed by atoms with Gasteiger partial charge in [-0.2, -0.15) is 0 Å². The van der Waals surface area contributed by atoms with Crippen molar-refractivity contribution in [3.63, 3.8) is 0 Å². The Balaban J connectivity index is 1.31. The Kier molecular flexibility index (Phi) is 4.63. The lowest BCUT2D eigenvalue weighted by Crippen LogP contribution is -2.45. The maximum atomic E-state index is 6.10. The summed E-state index contributed by atoms with van der Waals surface area (Å²) in [6, 6.07) is 21.4. The fourth-order valence-corrected chi connectivity index (χ4v) is 4.39. The van der Waals surface area contributed by atoms with Crippen molar-refractivity contribution < 1.29 is 9.47 Å². The summed E-state index contributed by atoms with van der Waals surface area (Å²) in [5.41, 5.74) is 2.40. The molecule has 0 N–H and O–H groups in total. The van der Waals surface area contributed by atoms with E-state index in [1.54, 1.807) is 0 Å². The normalized spacial score (nSPS) is 25.3. The van der Waals surface area contributed by atoms with Crippen molar-refractivity contribution in [2.24, 2.45) is 15.4 Å². The summed E-state index contributed by atoms with van der Waals surface area (Å²) < 4.78 is 12.2. The maximum Gasteiger partial charge on any atom is 0.199 e. The van der Waals surface area contributed by atoms with E-state index in [4.69, 9.17) is 19.5 Å². The minimum absolute atomic E-state index is 0.192. The molecule has 2 aliphatic heterocycles. The molecule has 144 valence electrons. The van der Waals surface area contributed by atoms with Crippen LogP contribution in [0.1, 0.15) is 30.4 Å². The molecule has 0 aromatic heterocycles. The Morgan fingerprint density at radius 1 is 0.714 bits per heavy atom. The largest absolute Gasteiger partial charge is 0.478 e. The summed E-state index contributed by atoms with van der Waals surface area (Å²) in [5.74, 6) is 1.72. The fraction of sp³-hybridized carbons (Fsp3) is 0.417. The van der Waals surface area contributed by atoms with Crippen LogP contribution in [0.25, 0.3) is 0 Å². The van der Waals surface area contributed by atoms with Gasteiger partial charge in [-0.1, -0.05) is 67.1 Å². The molecule has 0 saturated heterocycles. The Morgan fingerprint density at radius 3 is 1.57 bits per heavy atom. The molecular weight excluding hydrogens is 348 g/mol. The predicted octanol–water partition coefficient (Wildman–Crippen LogP) is 4.24. The topological polar surface area (TPSA) is 43.2 Å². The molecule has 1 aliphatic carbocycles. The molecule has 1 fully saturated rings. The second-order valence-corrected chi connectivity index (χ2v) is 8.11. The standard InChI is InChI=1S/C24H26N2O2/c1-3-8-18(9-4-1)14-20-16-27-22(25-20)24(12-7-13-24)23-26-21(17-28-23)15-19-10-5-2-6-11-19/h1-6,8-11,20-21H,7,12-17H2/t20-,21-/m0/s1. The van der Waals surface area contributed by atoms with Crippen molar-refractivity contribution in [3.8, 4) is 0 Å². The second-order valence-electron chi connectivity index (χ2n) is 8.11. The van der Waals surface area contributed by atoms with Crippen molar-refractivity contribution in [1.82, 2.24) is 0 Å². The van der Waals surface area contributed by atoms with Crippen LogP contribution in [0, 0.1) is 5.41 Å². The van der Waals surface area contributed by atoms with Gasteiger partial charge in [-0.15, -0.1) is 0 Å². The minimum Gasteiger partial charge on any atom is -0.478 e. The number of ether oxygens (including phenoxy) is 2. The Bertz CT molecular complexity index is 802. The quantitative estimate of drug-likeness (QED) is 0.759. The number of hydrogen-bond acceptors (Lipinski definition) is 4. The van der Waals surface area contributed by atoms with Crippen LogP contribution in [-0.4, -0.2) is 37.1 Å². The predicted molar refractivity (Wildman–Crippen MR) is 111 cm³/mol. The average molecular weight is 374 g/mol. The van der Waals surface area contributed by atoms with Gasteiger partial charge in [0.1, 0.15) is 18.6 Å². The molecule has 0 amide bonds. The van der Waals surface area contributed by atoms with Crippen LogP contribution in [-0.2, 0) is 22.3 Å². The van der Waals surface area contributed by atoms with Gasteiger partial charge in [-0.25, -0.2) is 9.98 Å². The van der Waals surface area contributed by atoms with E-state index in [-0.39, 0.29) is 17.5 Å². The summed E-state index contributed by atoms with van der Waals surface area (Å²) in [6.45, 7) is 1.32. The molecule has 3 aliphatic rings. The lowest BCUT2D eigenvalue weighted by molar-refractivity contribution is 0.195. The zero-order valence-corrected chi connectivity index (χ0v) is 16.1. The number of rotatable bonds is 6. The molecule has 1 saturated carbocycles. The summed E-state index contributed by atoms with van der Waals surface area (Å²) in [5, 5.41) is 0. The third-order valence-electron chi connectivity index (χ3n) is 6.08. The second kappa shape index (κ2) is 7.42. The third kappa shape index (κ3) is 3.32. The van der Waals surface area contributed by atoms with Crippen LogP contribution in [0.5, 0.6) is 0 Å². The van der Waals surface area contributed by atoms with E-state index in [9.17, 15) is 0 Å². The van der Waals surface area contributed by atoms with Gasteiger partial charge in [0.25, 0.3) is 0 Å². The Morgan fingerprint density at radius 2 is 1.18 bits per heavy atom. The maximum absolute atomic E-state index is 6.10. The Hall–Kier alpha value is -2.62. The monoisotopic (exact) mass is 374 g/mol. The van der Waals surface area contributed by atoms with Crippen molar-refractivity contribution in [2.45, 2.75) is 44.2 Å². The first-order valence-electron chi connectivity index (χ1n) is 10.3. The molecule has 2 atom stereocenters. The fourth-order valence-electron chi connectivity index (χ4n) is 4.39. The van der Waals surface area contributed by atoms with E-state index in [0.29, 0.717) is 13.2 Å². The van der Waals surface area contributed by atoms with Crippen LogP contribution in [0.2, 0.25) is 0 Å². The van der Waals surface area contributed by atoms with Crippen LogP contribution in [0.4, 0.5) is 0 Å². The van der Waals surface area contributed by atoms with Crippen molar-refractivity contribution >= 4 is 11.8 Å². The first-order chi connectivity index (χ1) is 13.8. The van der Waals surface area contributed by atoms with Crippen LogP contribution in [0.15, 0.2) is 70.6 Å². The van der Waals surface area contributed by atoms with E-state index in [2.05, 4.69) is 48.5 Å². The van der Waals surface area contributed by atoms with Gasteiger partial charge in [0.2, 0.25) is 0 Å². The molecule has 0 unspecified atom stereocenters. The summed E-state index contributed by atoms with van der Waals surface area (Å²) in [6.07, 6.45) is 5.08. The van der Waals surface area contributed by atoms with Crippen LogP contribution >= 0.6 is 0 Å². The SMILES string of the molecule is c1ccc(C[C@H]2COC(C3(C4=N[C@@H](Cc5ccccc5)CO4)CCC3)=N2)cc1. The first kappa shape index (κ1) is 17.5.